The predicted octanol–water partition coefficient (Wildman–Crippen LogP) is 2.81. The third-order valence-corrected chi connectivity index (χ3v) is 5.64. The highest BCUT2D eigenvalue weighted by molar-refractivity contribution is 7.99. The Labute approximate surface area is 114 Å². The topological polar surface area (TPSA) is 29.9 Å². The van der Waals surface area contributed by atoms with Crippen LogP contribution in [0.15, 0.2) is 12.5 Å². The normalized spacial score (nSPS) is 32.8. The van der Waals surface area contributed by atoms with Crippen molar-refractivity contribution in [3.8, 4) is 0 Å². The van der Waals surface area contributed by atoms with Gasteiger partial charge in [-0.05, 0) is 38.5 Å². The molecule has 1 aromatic heterocycles. The van der Waals surface area contributed by atoms with E-state index in [4.69, 9.17) is 0 Å². The van der Waals surface area contributed by atoms with Gasteiger partial charge in [0.1, 0.15) is 0 Å². The lowest BCUT2D eigenvalue weighted by Gasteiger charge is -2.27. The maximum absolute atomic E-state index is 4.44. The summed E-state index contributed by atoms with van der Waals surface area (Å²) in [5, 5.41) is 4.31. The molecule has 0 aromatic carbocycles. The number of nitrogens with one attached hydrogen (secondary N) is 1. The lowest BCUT2D eigenvalue weighted by Crippen LogP contribution is -2.30. The van der Waals surface area contributed by atoms with Gasteiger partial charge in [0, 0.05) is 35.6 Å². The molecule has 1 N–H and O–H groups in total. The number of hydrogen-bond donors (Lipinski definition) is 1. The lowest BCUT2D eigenvalue weighted by molar-refractivity contribution is 0.420. The minimum absolute atomic E-state index is 0.671. The first-order valence-electron chi connectivity index (χ1n) is 7.15. The van der Waals surface area contributed by atoms with Crippen molar-refractivity contribution in [2.45, 2.75) is 49.3 Å². The Balaban J connectivity index is 1.81. The van der Waals surface area contributed by atoms with Crippen molar-refractivity contribution in [1.82, 2.24) is 14.9 Å². The number of aromatic nitrogens is 2. The van der Waals surface area contributed by atoms with Crippen LogP contribution in [-0.4, -0.2) is 34.1 Å². The molecular formula is C14H23N3S. The zero-order valence-corrected chi connectivity index (χ0v) is 12.0. The minimum atomic E-state index is 0.671. The third kappa shape index (κ3) is 2.32. The van der Waals surface area contributed by atoms with Gasteiger partial charge >= 0.3 is 0 Å². The van der Waals surface area contributed by atoms with Crippen LogP contribution in [0.25, 0.3) is 0 Å². The van der Waals surface area contributed by atoms with E-state index in [0.29, 0.717) is 12.0 Å². The number of hydrogen-bond acceptors (Lipinski definition) is 3. The van der Waals surface area contributed by atoms with Crippen LogP contribution in [0.4, 0.5) is 0 Å². The summed E-state index contributed by atoms with van der Waals surface area (Å²) in [6, 6.07) is 0.680. The van der Waals surface area contributed by atoms with Crippen molar-refractivity contribution in [2.24, 2.45) is 0 Å². The summed E-state index contributed by atoms with van der Waals surface area (Å²) in [7, 11) is 0. The minimum Gasteiger partial charge on any atom is -0.330 e. The smallest absolute Gasteiger partial charge is 0.0951 e. The van der Waals surface area contributed by atoms with E-state index in [1.807, 2.05) is 11.8 Å². The van der Waals surface area contributed by atoms with Crippen LogP contribution >= 0.6 is 11.8 Å². The first kappa shape index (κ1) is 12.5. The molecule has 4 heteroatoms. The van der Waals surface area contributed by atoms with Gasteiger partial charge in [0.2, 0.25) is 0 Å². The summed E-state index contributed by atoms with van der Waals surface area (Å²) in [6.45, 7) is 2.31. The average Bonchev–Trinajstić information content (AvgIpc) is 3.07. The van der Waals surface area contributed by atoms with Crippen LogP contribution in [-0.2, 0) is 0 Å². The van der Waals surface area contributed by atoms with E-state index >= 15 is 0 Å². The second kappa shape index (κ2) is 5.66. The second-order valence-corrected chi connectivity index (χ2v) is 6.62. The lowest BCUT2D eigenvalue weighted by atomic mass is 9.96. The molecule has 1 aromatic rings. The molecule has 18 heavy (non-hydrogen) atoms. The summed E-state index contributed by atoms with van der Waals surface area (Å²) in [4.78, 5) is 4.44. The zero-order chi connectivity index (χ0) is 12.4. The number of rotatable bonds is 3. The van der Waals surface area contributed by atoms with Crippen LogP contribution in [0, 0.1) is 0 Å². The molecule has 3 rings (SSSR count). The van der Waals surface area contributed by atoms with Crippen molar-refractivity contribution < 1.29 is 0 Å². The molecule has 3 unspecified atom stereocenters. The molecule has 0 amide bonds. The molecule has 0 spiro atoms. The largest absolute Gasteiger partial charge is 0.330 e. The van der Waals surface area contributed by atoms with Crippen LogP contribution < -0.4 is 5.32 Å². The Morgan fingerprint density at radius 2 is 2.28 bits per heavy atom. The maximum Gasteiger partial charge on any atom is 0.0951 e. The Kier molecular flexibility index (Phi) is 3.94. The van der Waals surface area contributed by atoms with Crippen molar-refractivity contribution in [3.63, 3.8) is 0 Å². The Bertz CT molecular complexity index is 384. The summed E-state index contributed by atoms with van der Waals surface area (Å²) in [5.74, 6) is 0.671. The fourth-order valence-corrected chi connectivity index (χ4v) is 4.50. The first-order chi connectivity index (χ1) is 8.90. The molecule has 1 saturated heterocycles. The SMILES string of the molecule is CSC1CCCC1n1cncc1C1CCCNC1. The van der Waals surface area contributed by atoms with E-state index in [9.17, 15) is 0 Å². The fourth-order valence-electron chi connectivity index (χ4n) is 3.51. The van der Waals surface area contributed by atoms with E-state index in [2.05, 4.69) is 33.6 Å². The van der Waals surface area contributed by atoms with E-state index < -0.39 is 0 Å². The van der Waals surface area contributed by atoms with Crippen LogP contribution in [0.1, 0.15) is 49.8 Å². The average molecular weight is 265 g/mol. The second-order valence-electron chi connectivity index (χ2n) is 5.54. The van der Waals surface area contributed by atoms with E-state index in [1.54, 1.807) is 0 Å². The first-order valence-corrected chi connectivity index (χ1v) is 8.44. The number of piperidine rings is 1. The molecular weight excluding hydrogens is 242 g/mol. The summed E-state index contributed by atoms with van der Waals surface area (Å²) < 4.78 is 2.49. The summed E-state index contributed by atoms with van der Waals surface area (Å²) in [5.41, 5.74) is 1.47. The molecule has 100 valence electrons. The Morgan fingerprint density at radius 3 is 3.06 bits per heavy atom. The molecule has 0 bridgehead atoms. The van der Waals surface area contributed by atoms with Gasteiger partial charge in [0.15, 0.2) is 0 Å². The third-order valence-electron chi connectivity index (χ3n) is 4.49. The Hall–Kier alpha value is -0.480. The van der Waals surface area contributed by atoms with E-state index in [-0.39, 0.29) is 0 Å². The zero-order valence-electron chi connectivity index (χ0n) is 11.1. The number of thioether (sulfide) groups is 1. The van der Waals surface area contributed by atoms with Crippen molar-refractivity contribution in [3.05, 3.63) is 18.2 Å². The van der Waals surface area contributed by atoms with Crippen molar-refractivity contribution in [2.75, 3.05) is 19.3 Å². The quantitative estimate of drug-likeness (QED) is 0.911. The molecule has 2 heterocycles. The van der Waals surface area contributed by atoms with Crippen LogP contribution in [0.5, 0.6) is 0 Å². The van der Waals surface area contributed by atoms with Gasteiger partial charge < -0.3 is 9.88 Å². The molecule has 3 atom stereocenters. The van der Waals surface area contributed by atoms with Gasteiger partial charge in [-0.2, -0.15) is 11.8 Å². The van der Waals surface area contributed by atoms with Gasteiger partial charge in [-0.15, -0.1) is 0 Å². The van der Waals surface area contributed by atoms with E-state index in [1.165, 1.54) is 44.3 Å². The monoisotopic (exact) mass is 265 g/mol. The highest BCUT2D eigenvalue weighted by Crippen LogP contribution is 2.39. The van der Waals surface area contributed by atoms with Gasteiger partial charge in [-0.25, -0.2) is 4.98 Å². The number of nitrogens with zero attached hydrogens (tertiary/aromatic N) is 2. The molecule has 1 aliphatic heterocycles. The van der Waals surface area contributed by atoms with E-state index in [0.717, 1.165) is 11.8 Å². The van der Waals surface area contributed by atoms with Gasteiger partial charge in [-0.3, -0.25) is 0 Å². The summed E-state index contributed by atoms with van der Waals surface area (Å²) in [6.07, 6.45) is 13.1. The van der Waals surface area contributed by atoms with Gasteiger partial charge in [-0.1, -0.05) is 6.42 Å². The Morgan fingerprint density at radius 1 is 1.33 bits per heavy atom. The molecule has 1 saturated carbocycles. The van der Waals surface area contributed by atoms with Crippen LogP contribution in [0.3, 0.4) is 0 Å². The molecule has 0 radical (unpaired) electrons. The molecule has 2 aliphatic rings. The molecule has 1 aliphatic carbocycles. The summed E-state index contributed by atoms with van der Waals surface area (Å²) >= 11 is 2.03. The molecule has 2 fully saturated rings. The standard InChI is InChI=1S/C14H23N3S/c1-18-14-6-2-5-12(14)17-10-16-9-13(17)11-4-3-7-15-8-11/h9-12,14-15H,2-8H2,1H3. The maximum atomic E-state index is 4.44. The fraction of sp³-hybridized carbons (Fsp3) is 0.786. The van der Waals surface area contributed by atoms with Crippen molar-refractivity contribution in [1.29, 1.82) is 0 Å². The highest BCUT2D eigenvalue weighted by Gasteiger charge is 2.30. The molecule has 3 nitrogen and oxygen atoms in total. The highest BCUT2D eigenvalue weighted by atomic mass is 32.2. The predicted molar refractivity (Wildman–Crippen MR) is 77.3 cm³/mol. The van der Waals surface area contributed by atoms with Gasteiger partial charge in [0.05, 0.1) is 6.33 Å². The van der Waals surface area contributed by atoms with Gasteiger partial charge in [0.25, 0.3) is 0 Å². The van der Waals surface area contributed by atoms with Crippen molar-refractivity contribution >= 4 is 11.8 Å². The number of imidazole rings is 1. The van der Waals surface area contributed by atoms with Crippen LogP contribution in [0.2, 0.25) is 0 Å².